The topological polar surface area (TPSA) is 0 Å². The Labute approximate surface area is 194 Å². The van der Waals surface area contributed by atoms with Crippen molar-refractivity contribution in [2.45, 2.75) is 41.5 Å². The standard InChI is InChI=1S/3C7H7.C6H9.Bi.H2/c3*1-7-5-3-2-4-6-7;1-5-6(2,3)4;;/h3*2-5H,1H3;2-4H3;;1H. The van der Waals surface area contributed by atoms with Crippen molar-refractivity contribution in [2.75, 3.05) is 0 Å². The summed E-state index contributed by atoms with van der Waals surface area (Å²) in [4.78, 5) is 0. The Kier molecular flexibility index (Phi) is 17.4. The third-order valence-electron chi connectivity index (χ3n) is 2.97. The van der Waals surface area contributed by atoms with Crippen LogP contribution in [0.25, 0.3) is 0 Å². The van der Waals surface area contributed by atoms with Crippen molar-refractivity contribution in [1.82, 2.24) is 0 Å². The second-order valence-electron chi connectivity index (χ2n) is 7.01. The van der Waals surface area contributed by atoms with E-state index in [1.807, 2.05) is 114 Å². The van der Waals surface area contributed by atoms with E-state index in [4.69, 9.17) is 6.42 Å². The molecule has 3 rings (SSSR count). The van der Waals surface area contributed by atoms with Crippen LogP contribution in [0.2, 0.25) is 0 Å². The van der Waals surface area contributed by atoms with Crippen molar-refractivity contribution in [3.63, 3.8) is 0 Å². The summed E-state index contributed by atoms with van der Waals surface area (Å²) >= 11 is 0. The van der Waals surface area contributed by atoms with E-state index in [-0.39, 0.29) is 33.0 Å². The fraction of sp³-hybridized carbons (Fsp3) is 0.259. The molecule has 0 aliphatic heterocycles. The van der Waals surface area contributed by atoms with Crippen molar-refractivity contribution in [2.24, 2.45) is 5.41 Å². The van der Waals surface area contributed by atoms with Gasteiger partial charge in [-0.3, -0.25) is 0 Å². The Balaban J connectivity index is -0.000000305. The van der Waals surface area contributed by atoms with Gasteiger partial charge in [-0.15, -0.1) is 0 Å². The second kappa shape index (κ2) is 17.2. The summed E-state index contributed by atoms with van der Waals surface area (Å²) in [7, 11) is 0. The molecule has 7 radical (unpaired) electrons. The Hall–Kier alpha value is -1.90. The Morgan fingerprint density at radius 1 is 0.679 bits per heavy atom. The third kappa shape index (κ3) is 20.4. The molecule has 0 spiro atoms. The predicted molar refractivity (Wildman–Crippen MR) is 124 cm³/mol. The van der Waals surface area contributed by atoms with Crippen LogP contribution in [0, 0.1) is 56.7 Å². The number of benzene rings is 3. The molecule has 0 aliphatic carbocycles. The van der Waals surface area contributed by atoms with Crippen molar-refractivity contribution < 1.29 is 1.43 Å². The van der Waals surface area contributed by atoms with Crippen LogP contribution < -0.4 is 0 Å². The molecule has 0 saturated heterocycles. The zero-order valence-corrected chi connectivity index (χ0v) is 21.4. The fourth-order valence-corrected chi connectivity index (χ4v) is 1.45. The largest absolute Gasteiger partial charge is 0.0832 e. The van der Waals surface area contributed by atoms with Crippen LogP contribution in [-0.4, -0.2) is 26.2 Å². The van der Waals surface area contributed by atoms with E-state index in [1.165, 1.54) is 16.7 Å². The molecule has 0 aliphatic rings. The molecule has 0 unspecified atom stereocenters. The van der Waals surface area contributed by atoms with E-state index in [0.29, 0.717) is 0 Å². The number of aryl methyl sites for hydroxylation is 3. The monoisotopic (exact) mass is 565 g/mol. The van der Waals surface area contributed by atoms with Crippen LogP contribution in [0.5, 0.6) is 0 Å². The van der Waals surface area contributed by atoms with Crippen LogP contribution in [0.3, 0.4) is 0 Å². The molecule has 0 N–H and O–H groups in total. The molecule has 0 nitrogen and oxygen atoms in total. The van der Waals surface area contributed by atoms with Gasteiger partial charge in [0.2, 0.25) is 0 Å². The van der Waals surface area contributed by atoms with Gasteiger partial charge in [-0.2, -0.15) is 0 Å². The summed E-state index contributed by atoms with van der Waals surface area (Å²) in [6, 6.07) is 32.8. The van der Waals surface area contributed by atoms with E-state index in [9.17, 15) is 0 Å². The molecule has 0 bridgehead atoms. The van der Waals surface area contributed by atoms with Crippen LogP contribution in [-0.2, 0) is 0 Å². The van der Waals surface area contributed by atoms with E-state index < -0.39 is 0 Å². The summed E-state index contributed by atoms with van der Waals surface area (Å²) in [5.41, 5.74) is 3.55. The van der Waals surface area contributed by atoms with Gasteiger partial charge in [0.05, 0.1) is 0 Å². The molecule has 0 fully saturated rings. The van der Waals surface area contributed by atoms with Gasteiger partial charge in [0.25, 0.3) is 0 Å². The molecule has 0 saturated carbocycles. The maximum Gasteiger partial charge on any atom is 0.0240 e. The first-order chi connectivity index (χ1) is 12.7. The maximum absolute atomic E-state index is 6.60. The van der Waals surface area contributed by atoms with Gasteiger partial charge in [0.1, 0.15) is 0 Å². The minimum Gasteiger partial charge on any atom is -0.0832 e. The van der Waals surface area contributed by atoms with E-state index in [0.717, 1.165) is 0 Å². The van der Waals surface area contributed by atoms with Gasteiger partial charge in [-0.1, -0.05) is 78.7 Å². The zero-order valence-electron chi connectivity index (χ0n) is 17.9. The first-order valence-electron chi connectivity index (χ1n) is 8.98. The molecule has 1 heteroatoms. The van der Waals surface area contributed by atoms with Crippen molar-refractivity contribution in [3.8, 4) is 5.92 Å². The average Bonchev–Trinajstić information content (AvgIpc) is 2.65. The van der Waals surface area contributed by atoms with Crippen molar-refractivity contribution in [1.29, 1.82) is 0 Å². The second-order valence-corrected chi connectivity index (χ2v) is 7.01. The SMILES string of the molecule is Cc1[c]cccc1.Cc1[c]cccc1.Cc1[c]cccc1.[Bi].[C]#CC(C)(C)C.[HH]. The maximum atomic E-state index is 6.60. The molecule has 3 aromatic carbocycles. The molecule has 0 heterocycles. The molecule has 0 aromatic heterocycles. The van der Waals surface area contributed by atoms with Gasteiger partial charge in [-0.05, 0) is 82.9 Å². The zero-order chi connectivity index (χ0) is 20.5. The molecule has 0 amide bonds. The van der Waals surface area contributed by atoms with Crippen LogP contribution in [0.1, 0.15) is 38.9 Å². The summed E-state index contributed by atoms with van der Waals surface area (Å²) in [5, 5.41) is 0. The third-order valence-corrected chi connectivity index (χ3v) is 2.97. The first-order valence-corrected chi connectivity index (χ1v) is 8.98. The Morgan fingerprint density at radius 3 is 1.00 bits per heavy atom. The van der Waals surface area contributed by atoms with Gasteiger partial charge >= 0.3 is 0 Å². The summed E-state index contributed by atoms with van der Waals surface area (Å²) in [5.74, 6) is 2.35. The van der Waals surface area contributed by atoms with Crippen LogP contribution in [0.15, 0.2) is 72.8 Å². The molecular formula is C27H32Bi. The van der Waals surface area contributed by atoms with E-state index >= 15 is 0 Å². The van der Waals surface area contributed by atoms with Crippen molar-refractivity contribution >= 4 is 26.2 Å². The quantitative estimate of drug-likeness (QED) is 0.206. The van der Waals surface area contributed by atoms with E-state index in [1.54, 1.807) is 0 Å². The van der Waals surface area contributed by atoms with Gasteiger partial charge < -0.3 is 0 Å². The normalized spacial score (nSPS) is 8.75. The summed E-state index contributed by atoms with van der Waals surface area (Å²) in [6.45, 7) is 11.9. The Morgan fingerprint density at radius 2 is 0.929 bits per heavy atom. The first kappa shape index (κ1) is 28.3. The number of rotatable bonds is 0. The van der Waals surface area contributed by atoms with E-state index in [2.05, 4.69) is 24.1 Å². The van der Waals surface area contributed by atoms with Crippen LogP contribution in [0.4, 0.5) is 0 Å². The van der Waals surface area contributed by atoms with Gasteiger partial charge in [-0.25, -0.2) is 0 Å². The average molecular weight is 566 g/mol. The molecule has 145 valence electrons. The molecule has 28 heavy (non-hydrogen) atoms. The minimum absolute atomic E-state index is 0. The smallest absolute Gasteiger partial charge is 0.0240 e. The number of hydrogen-bond donors (Lipinski definition) is 0. The Bertz CT molecular complexity index is 650. The number of hydrogen-bond acceptors (Lipinski definition) is 0. The molecular weight excluding hydrogens is 533 g/mol. The predicted octanol–water partition coefficient (Wildman–Crippen LogP) is 6.87. The fourth-order valence-electron chi connectivity index (χ4n) is 1.45. The molecule has 3 aromatic rings. The minimum atomic E-state index is -0.0417. The van der Waals surface area contributed by atoms with Gasteiger partial charge in [0.15, 0.2) is 0 Å². The summed E-state index contributed by atoms with van der Waals surface area (Å²) < 4.78 is 0. The van der Waals surface area contributed by atoms with Gasteiger partial charge in [0, 0.05) is 33.0 Å². The molecule has 0 atom stereocenters. The van der Waals surface area contributed by atoms with Crippen molar-refractivity contribution in [3.05, 3.63) is 114 Å². The van der Waals surface area contributed by atoms with Crippen LogP contribution >= 0.6 is 0 Å². The summed E-state index contributed by atoms with van der Waals surface area (Å²) in [6.07, 6.45) is 6.60.